The van der Waals surface area contributed by atoms with Gasteiger partial charge in [0.2, 0.25) is 0 Å². The number of aryl methyl sites for hydroxylation is 1. The van der Waals surface area contributed by atoms with E-state index in [1.165, 1.54) is 5.56 Å². The second-order valence-corrected chi connectivity index (χ2v) is 4.25. The lowest BCUT2D eigenvalue weighted by Crippen LogP contribution is -2.01. The monoisotopic (exact) mass is 279 g/mol. The fraction of sp³-hybridized carbons (Fsp3) is 0.333. The number of aromatic nitrogens is 3. The van der Waals surface area contributed by atoms with Crippen LogP contribution in [0.1, 0.15) is 18.3 Å². The molecule has 0 N–H and O–H groups in total. The molecule has 0 spiro atoms. The Balaban J connectivity index is 2.51. The Morgan fingerprint density at radius 3 is 2.75 bits per heavy atom. The topological polar surface area (TPSA) is 30.7 Å². The number of alkyl halides is 1. The van der Waals surface area contributed by atoms with Gasteiger partial charge in [-0.1, -0.05) is 39.7 Å². The van der Waals surface area contributed by atoms with E-state index in [4.69, 9.17) is 0 Å². The molecule has 4 heteroatoms. The fourth-order valence-corrected chi connectivity index (χ4v) is 2.18. The van der Waals surface area contributed by atoms with E-state index in [0.717, 1.165) is 29.1 Å². The Kier molecular flexibility index (Phi) is 3.39. The highest BCUT2D eigenvalue weighted by atomic mass is 79.9. The molecule has 0 atom stereocenters. The largest absolute Gasteiger partial charge is 0.311 e. The maximum Gasteiger partial charge on any atom is 0.163 e. The molecule has 1 aromatic heterocycles. The van der Waals surface area contributed by atoms with Crippen LogP contribution < -0.4 is 0 Å². The fourth-order valence-electron chi connectivity index (χ4n) is 1.76. The van der Waals surface area contributed by atoms with Gasteiger partial charge in [0.1, 0.15) is 5.82 Å². The quantitative estimate of drug-likeness (QED) is 0.808. The van der Waals surface area contributed by atoms with Gasteiger partial charge in [0.15, 0.2) is 5.82 Å². The molecule has 0 aliphatic rings. The minimum Gasteiger partial charge on any atom is -0.311 e. The highest BCUT2D eigenvalue weighted by molar-refractivity contribution is 9.08. The maximum absolute atomic E-state index is 4.25. The first-order chi connectivity index (χ1) is 7.76. The molecule has 0 saturated heterocycles. The Hall–Kier alpha value is -1.16. The molecule has 0 aliphatic heterocycles. The van der Waals surface area contributed by atoms with E-state index in [0.29, 0.717) is 0 Å². The lowest BCUT2D eigenvalue weighted by Gasteiger charge is -2.06. The zero-order valence-corrected chi connectivity index (χ0v) is 11.0. The molecule has 0 amide bonds. The van der Waals surface area contributed by atoms with Crippen LogP contribution in [0.15, 0.2) is 24.3 Å². The average Bonchev–Trinajstić information content (AvgIpc) is 2.71. The first-order valence-electron chi connectivity index (χ1n) is 5.31. The van der Waals surface area contributed by atoms with Crippen molar-refractivity contribution in [2.45, 2.75) is 25.7 Å². The average molecular weight is 280 g/mol. The van der Waals surface area contributed by atoms with Gasteiger partial charge in [-0.15, -0.1) is 10.2 Å². The summed E-state index contributed by atoms with van der Waals surface area (Å²) in [6.07, 6.45) is 0. The summed E-state index contributed by atoms with van der Waals surface area (Å²) in [5.74, 6) is 1.92. The van der Waals surface area contributed by atoms with Crippen LogP contribution in [0.3, 0.4) is 0 Å². The molecule has 0 bridgehead atoms. The van der Waals surface area contributed by atoms with Gasteiger partial charge in [-0.05, 0) is 19.9 Å². The molecule has 0 fully saturated rings. The van der Waals surface area contributed by atoms with Crippen LogP contribution >= 0.6 is 15.9 Å². The van der Waals surface area contributed by atoms with Crippen molar-refractivity contribution in [3.05, 3.63) is 35.7 Å². The van der Waals surface area contributed by atoms with E-state index in [-0.39, 0.29) is 0 Å². The third-order valence-electron chi connectivity index (χ3n) is 2.54. The highest BCUT2D eigenvalue weighted by Crippen LogP contribution is 2.20. The Bertz CT molecular complexity index is 491. The Morgan fingerprint density at radius 2 is 2.12 bits per heavy atom. The van der Waals surface area contributed by atoms with Crippen LogP contribution in [0.5, 0.6) is 0 Å². The molecule has 1 aromatic carbocycles. The summed E-state index contributed by atoms with van der Waals surface area (Å²) in [5.41, 5.74) is 2.37. The van der Waals surface area contributed by atoms with Gasteiger partial charge < -0.3 is 4.57 Å². The summed E-state index contributed by atoms with van der Waals surface area (Å²) in [6.45, 7) is 5.08. The van der Waals surface area contributed by atoms with Gasteiger partial charge in [-0.2, -0.15) is 0 Å². The Morgan fingerprint density at radius 1 is 1.31 bits per heavy atom. The maximum atomic E-state index is 4.25. The number of rotatable bonds is 3. The molecular weight excluding hydrogens is 266 g/mol. The molecular formula is C12H14BrN3. The van der Waals surface area contributed by atoms with Crippen molar-refractivity contribution in [3.63, 3.8) is 0 Å². The van der Waals surface area contributed by atoms with E-state index in [1.807, 2.05) is 6.07 Å². The zero-order chi connectivity index (χ0) is 11.5. The van der Waals surface area contributed by atoms with Crippen molar-refractivity contribution in [2.75, 3.05) is 0 Å². The predicted octanol–water partition coefficient (Wildman–Crippen LogP) is 3.17. The van der Waals surface area contributed by atoms with Crippen LogP contribution in [-0.4, -0.2) is 14.8 Å². The number of nitrogens with zero attached hydrogens (tertiary/aromatic N) is 3. The van der Waals surface area contributed by atoms with E-state index in [1.54, 1.807) is 0 Å². The second kappa shape index (κ2) is 4.78. The SMILES string of the molecule is CCn1c(CBr)nnc1-c1cccc(C)c1. The summed E-state index contributed by atoms with van der Waals surface area (Å²) < 4.78 is 2.13. The molecule has 84 valence electrons. The van der Waals surface area contributed by atoms with Crippen LogP contribution in [0.25, 0.3) is 11.4 Å². The minimum absolute atomic E-state index is 0.736. The number of hydrogen-bond donors (Lipinski definition) is 0. The van der Waals surface area contributed by atoms with Crippen LogP contribution in [-0.2, 0) is 11.9 Å². The number of hydrogen-bond acceptors (Lipinski definition) is 2. The molecule has 0 saturated carbocycles. The summed E-state index contributed by atoms with van der Waals surface area (Å²) in [7, 11) is 0. The third kappa shape index (κ3) is 2.02. The van der Waals surface area contributed by atoms with E-state index in [9.17, 15) is 0 Å². The lowest BCUT2D eigenvalue weighted by atomic mass is 10.1. The van der Waals surface area contributed by atoms with Gasteiger partial charge in [-0.25, -0.2) is 0 Å². The summed E-state index contributed by atoms with van der Waals surface area (Å²) in [4.78, 5) is 0. The van der Waals surface area contributed by atoms with Crippen molar-refractivity contribution < 1.29 is 0 Å². The minimum atomic E-state index is 0.736. The first kappa shape index (κ1) is 11.3. The van der Waals surface area contributed by atoms with Crippen LogP contribution in [0, 0.1) is 6.92 Å². The van der Waals surface area contributed by atoms with Crippen molar-refractivity contribution in [3.8, 4) is 11.4 Å². The van der Waals surface area contributed by atoms with Gasteiger partial charge in [0, 0.05) is 12.1 Å². The van der Waals surface area contributed by atoms with Gasteiger partial charge in [0.25, 0.3) is 0 Å². The predicted molar refractivity (Wildman–Crippen MR) is 68.5 cm³/mol. The Labute approximate surface area is 104 Å². The lowest BCUT2D eigenvalue weighted by molar-refractivity contribution is 0.733. The van der Waals surface area contributed by atoms with E-state index < -0.39 is 0 Å². The second-order valence-electron chi connectivity index (χ2n) is 3.69. The smallest absolute Gasteiger partial charge is 0.163 e. The highest BCUT2D eigenvalue weighted by Gasteiger charge is 2.11. The first-order valence-corrected chi connectivity index (χ1v) is 6.43. The third-order valence-corrected chi connectivity index (χ3v) is 3.04. The number of halogens is 1. The zero-order valence-electron chi connectivity index (χ0n) is 9.44. The standard InChI is InChI=1S/C12H14BrN3/c1-3-16-11(8-13)14-15-12(16)10-6-4-5-9(2)7-10/h4-7H,3,8H2,1-2H3. The van der Waals surface area contributed by atoms with Gasteiger partial charge in [0.05, 0.1) is 5.33 Å². The molecule has 16 heavy (non-hydrogen) atoms. The van der Waals surface area contributed by atoms with Gasteiger partial charge >= 0.3 is 0 Å². The number of benzene rings is 1. The molecule has 2 rings (SSSR count). The molecule has 0 unspecified atom stereocenters. The van der Waals surface area contributed by atoms with Gasteiger partial charge in [-0.3, -0.25) is 0 Å². The van der Waals surface area contributed by atoms with Crippen molar-refractivity contribution in [1.29, 1.82) is 0 Å². The molecule has 2 aromatic rings. The molecule has 0 radical (unpaired) electrons. The van der Waals surface area contributed by atoms with E-state index >= 15 is 0 Å². The van der Waals surface area contributed by atoms with Crippen LogP contribution in [0.2, 0.25) is 0 Å². The summed E-state index contributed by atoms with van der Waals surface area (Å²) in [5, 5.41) is 9.17. The normalized spacial score (nSPS) is 10.7. The summed E-state index contributed by atoms with van der Waals surface area (Å²) >= 11 is 3.43. The summed E-state index contributed by atoms with van der Waals surface area (Å²) in [6, 6.07) is 8.34. The van der Waals surface area contributed by atoms with E-state index in [2.05, 4.69) is 62.7 Å². The van der Waals surface area contributed by atoms with Crippen molar-refractivity contribution in [2.24, 2.45) is 0 Å². The molecule has 0 aliphatic carbocycles. The van der Waals surface area contributed by atoms with Crippen LogP contribution in [0.4, 0.5) is 0 Å². The molecule has 3 nitrogen and oxygen atoms in total. The molecule has 1 heterocycles. The van der Waals surface area contributed by atoms with Crippen molar-refractivity contribution in [1.82, 2.24) is 14.8 Å². The van der Waals surface area contributed by atoms with Crippen molar-refractivity contribution >= 4 is 15.9 Å².